The average Bonchev–Trinajstić information content (AvgIpc) is 2.01. The van der Waals surface area contributed by atoms with Crippen molar-refractivity contribution in [3.8, 4) is 0 Å². The second kappa shape index (κ2) is 3.80. The van der Waals surface area contributed by atoms with E-state index in [4.69, 9.17) is 0 Å². The molecular weight excluding hydrogens is 178 g/mol. The van der Waals surface area contributed by atoms with E-state index in [1.54, 1.807) is 26.0 Å². The summed E-state index contributed by atoms with van der Waals surface area (Å²) in [6, 6.07) is 7.22. The highest BCUT2D eigenvalue weighted by atomic mass is 16.3. The molecule has 0 aromatic heterocycles. The van der Waals surface area contributed by atoms with Gasteiger partial charge in [-0.25, -0.2) is 0 Å². The van der Waals surface area contributed by atoms with E-state index in [0.717, 1.165) is 5.56 Å². The number of hydrogen-bond acceptors (Lipinski definition) is 2. The molecule has 0 bridgehead atoms. The van der Waals surface area contributed by atoms with Crippen molar-refractivity contribution in [1.82, 2.24) is 0 Å². The first kappa shape index (κ1) is 10.7. The molecule has 0 saturated heterocycles. The van der Waals surface area contributed by atoms with Gasteiger partial charge in [0.2, 0.25) is 5.91 Å². The number of para-hydroxylation sites is 1. The molecule has 0 heterocycles. The third-order valence-corrected chi connectivity index (χ3v) is 1.90. The minimum Gasteiger partial charge on any atom is -0.386 e. The van der Waals surface area contributed by atoms with Crippen LogP contribution in [0.5, 0.6) is 0 Å². The summed E-state index contributed by atoms with van der Waals surface area (Å²) >= 11 is 0. The lowest BCUT2D eigenvalue weighted by Crippen LogP contribution is -2.19. The monoisotopic (exact) mass is 193 g/mol. The fourth-order valence-corrected chi connectivity index (χ4v) is 1.32. The van der Waals surface area contributed by atoms with Crippen LogP contribution in [0, 0.1) is 0 Å². The second-order valence-electron chi connectivity index (χ2n) is 3.79. The first-order valence-corrected chi connectivity index (χ1v) is 4.51. The third kappa shape index (κ3) is 2.57. The van der Waals surface area contributed by atoms with E-state index >= 15 is 0 Å². The minimum atomic E-state index is -0.945. The van der Waals surface area contributed by atoms with E-state index in [9.17, 15) is 9.90 Å². The maximum absolute atomic E-state index is 10.9. The molecule has 1 amide bonds. The third-order valence-electron chi connectivity index (χ3n) is 1.90. The Labute approximate surface area is 83.8 Å². The molecule has 1 aromatic rings. The summed E-state index contributed by atoms with van der Waals surface area (Å²) in [6.45, 7) is 4.82. The highest BCUT2D eigenvalue weighted by Crippen LogP contribution is 2.27. The Morgan fingerprint density at radius 1 is 1.36 bits per heavy atom. The number of rotatable bonds is 2. The first-order chi connectivity index (χ1) is 6.41. The first-order valence-electron chi connectivity index (χ1n) is 4.51. The predicted molar refractivity (Wildman–Crippen MR) is 56.0 cm³/mol. The highest BCUT2D eigenvalue weighted by molar-refractivity contribution is 5.89. The number of nitrogens with one attached hydrogen (secondary N) is 1. The highest BCUT2D eigenvalue weighted by Gasteiger charge is 2.19. The maximum atomic E-state index is 10.9. The molecule has 0 unspecified atom stereocenters. The fraction of sp³-hybridized carbons (Fsp3) is 0.364. The lowest BCUT2D eigenvalue weighted by molar-refractivity contribution is -0.114. The summed E-state index contributed by atoms with van der Waals surface area (Å²) in [7, 11) is 0. The van der Waals surface area contributed by atoms with E-state index in [1.807, 2.05) is 12.1 Å². The van der Waals surface area contributed by atoms with E-state index in [1.165, 1.54) is 6.92 Å². The lowest BCUT2D eigenvalue weighted by Gasteiger charge is -2.21. The molecule has 1 aromatic carbocycles. The van der Waals surface area contributed by atoms with Crippen LogP contribution in [0.1, 0.15) is 26.3 Å². The molecule has 0 radical (unpaired) electrons. The minimum absolute atomic E-state index is 0.137. The Morgan fingerprint density at radius 2 is 1.93 bits per heavy atom. The number of carbonyl (C=O) groups excluding carboxylic acids is 1. The van der Waals surface area contributed by atoms with Gasteiger partial charge in [-0.3, -0.25) is 4.79 Å². The molecule has 0 spiro atoms. The number of amides is 1. The smallest absolute Gasteiger partial charge is 0.221 e. The molecule has 0 aliphatic heterocycles. The van der Waals surface area contributed by atoms with Gasteiger partial charge in [0.15, 0.2) is 0 Å². The SMILES string of the molecule is CC(=O)Nc1ccccc1C(C)(C)O. The fourth-order valence-electron chi connectivity index (χ4n) is 1.32. The number of aliphatic hydroxyl groups is 1. The Bertz CT molecular complexity index is 339. The van der Waals surface area contributed by atoms with E-state index in [-0.39, 0.29) is 5.91 Å². The van der Waals surface area contributed by atoms with E-state index < -0.39 is 5.60 Å². The normalized spacial score (nSPS) is 11.1. The molecule has 0 atom stereocenters. The molecule has 1 rings (SSSR count). The standard InChI is InChI=1S/C11H15NO2/c1-8(13)12-10-7-5-4-6-9(10)11(2,3)14/h4-7,14H,1-3H3,(H,12,13). The Morgan fingerprint density at radius 3 is 2.43 bits per heavy atom. The van der Waals surface area contributed by atoms with Crippen LogP contribution < -0.4 is 5.32 Å². The van der Waals surface area contributed by atoms with Gasteiger partial charge in [0.25, 0.3) is 0 Å². The van der Waals surface area contributed by atoms with Gasteiger partial charge < -0.3 is 10.4 Å². The average molecular weight is 193 g/mol. The molecule has 3 nitrogen and oxygen atoms in total. The number of hydrogen-bond donors (Lipinski definition) is 2. The van der Waals surface area contributed by atoms with Crippen LogP contribution in [0.25, 0.3) is 0 Å². The van der Waals surface area contributed by atoms with Crippen molar-refractivity contribution in [3.63, 3.8) is 0 Å². The van der Waals surface area contributed by atoms with Gasteiger partial charge in [0.05, 0.1) is 5.60 Å². The van der Waals surface area contributed by atoms with Gasteiger partial charge >= 0.3 is 0 Å². The van der Waals surface area contributed by atoms with E-state index in [2.05, 4.69) is 5.32 Å². The van der Waals surface area contributed by atoms with Crippen LogP contribution in [-0.4, -0.2) is 11.0 Å². The van der Waals surface area contributed by atoms with Crippen molar-refractivity contribution in [2.45, 2.75) is 26.4 Å². The van der Waals surface area contributed by atoms with Crippen LogP contribution in [-0.2, 0) is 10.4 Å². The van der Waals surface area contributed by atoms with Gasteiger partial charge in [-0.2, -0.15) is 0 Å². The summed E-state index contributed by atoms with van der Waals surface area (Å²) < 4.78 is 0. The van der Waals surface area contributed by atoms with Crippen LogP contribution in [0.4, 0.5) is 5.69 Å². The Balaban J connectivity index is 3.10. The summed E-state index contributed by atoms with van der Waals surface area (Å²) in [6.07, 6.45) is 0. The van der Waals surface area contributed by atoms with Gasteiger partial charge in [-0.1, -0.05) is 18.2 Å². The van der Waals surface area contributed by atoms with Gasteiger partial charge in [-0.05, 0) is 19.9 Å². The number of carbonyl (C=O) groups is 1. The zero-order chi connectivity index (χ0) is 10.8. The quantitative estimate of drug-likeness (QED) is 0.753. The van der Waals surface area contributed by atoms with Gasteiger partial charge in [-0.15, -0.1) is 0 Å². The van der Waals surface area contributed by atoms with Crippen molar-refractivity contribution >= 4 is 11.6 Å². The topological polar surface area (TPSA) is 49.3 Å². The molecular formula is C11H15NO2. The largest absolute Gasteiger partial charge is 0.386 e. The van der Waals surface area contributed by atoms with Crippen LogP contribution in [0.3, 0.4) is 0 Å². The zero-order valence-electron chi connectivity index (χ0n) is 8.66. The number of benzene rings is 1. The molecule has 3 heteroatoms. The predicted octanol–water partition coefficient (Wildman–Crippen LogP) is 1.87. The summed E-state index contributed by atoms with van der Waals surface area (Å²) in [4.78, 5) is 10.9. The second-order valence-corrected chi connectivity index (χ2v) is 3.79. The van der Waals surface area contributed by atoms with Crippen LogP contribution in [0.15, 0.2) is 24.3 Å². The van der Waals surface area contributed by atoms with Crippen molar-refractivity contribution in [1.29, 1.82) is 0 Å². The maximum Gasteiger partial charge on any atom is 0.221 e. The summed E-state index contributed by atoms with van der Waals surface area (Å²) in [5, 5.41) is 12.5. The van der Waals surface area contributed by atoms with Crippen LogP contribution in [0.2, 0.25) is 0 Å². The van der Waals surface area contributed by atoms with Crippen molar-refractivity contribution in [2.75, 3.05) is 5.32 Å². The van der Waals surface area contributed by atoms with Gasteiger partial charge in [0, 0.05) is 18.2 Å². The molecule has 0 fully saturated rings. The van der Waals surface area contributed by atoms with Crippen molar-refractivity contribution in [3.05, 3.63) is 29.8 Å². The molecule has 0 saturated carbocycles. The number of anilines is 1. The lowest BCUT2D eigenvalue weighted by atomic mass is 9.96. The van der Waals surface area contributed by atoms with Crippen LogP contribution >= 0.6 is 0 Å². The van der Waals surface area contributed by atoms with Crippen molar-refractivity contribution < 1.29 is 9.90 Å². The van der Waals surface area contributed by atoms with Gasteiger partial charge in [0.1, 0.15) is 0 Å². The molecule has 2 N–H and O–H groups in total. The zero-order valence-corrected chi connectivity index (χ0v) is 8.66. The van der Waals surface area contributed by atoms with Crippen molar-refractivity contribution in [2.24, 2.45) is 0 Å². The summed E-state index contributed by atoms with van der Waals surface area (Å²) in [5.41, 5.74) is 0.432. The Kier molecular flexibility index (Phi) is 2.91. The molecule has 76 valence electrons. The molecule has 0 aliphatic rings. The Hall–Kier alpha value is -1.35. The van der Waals surface area contributed by atoms with E-state index in [0.29, 0.717) is 5.69 Å². The summed E-state index contributed by atoms with van der Waals surface area (Å²) in [5.74, 6) is -0.137. The molecule has 0 aliphatic carbocycles. The molecule has 14 heavy (non-hydrogen) atoms.